The molecule has 0 spiro atoms. The second-order valence-electron chi connectivity index (χ2n) is 7.62. The van der Waals surface area contributed by atoms with Crippen LogP contribution in [0.1, 0.15) is 25.6 Å². The molecule has 1 aromatic carbocycles. The first-order valence-electron chi connectivity index (χ1n) is 10.7. The normalized spacial score (nSPS) is 23.0. The number of rotatable bonds is 8. The SMILES string of the molecule is CCS[C@@H]1[C@H](SCC)[C@@H](Cn2cc(-c3cccc(C)c3)nn2)O[C@H]1n1ccc(=O)[nH]c1=O. The molecule has 2 aromatic heterocycles. The van der Waals surface area contributed by atoms with E-state index in [1.54, 1.807) is 11.8 Å². The van der Waals surface area contributed by atoms with Gasteiger partial charge in [0.15, 0.2) is 6.23 Å². The van der Waals surface area contributed by atoms with Crippen LogP contribution >= 0.6 is 23.5 Å². The number of hydrogen-bond donors (Lipinski definition) is 1. The summed E-state index contributed by atoms with van der Waals surface area (Å²) in [4.78, 5) is 26.4. The second kappa shape index (κ2) is 10.1. The topological polar surface area (TPSA) is 94.8 Å². The summed E-state index contributed by atoms with van der Waals surface area (Å²) in [5.74, 6) is 1.83. The molecular weight excluding hydrogens is 446 g/mol. The Balaban J connectivity index is 1.61. The Kier molecular flexibility index (Phi) is 7.22. The molecule has 1 aliphatic rings. The number of H-pyrrole nitrogens is 1. The molecule has 3 heterocycles. The van der Waals surface area contributed by atoms with Gasteiger partial charge in [0, 0.05) is 23.1 Å². The molecule has 0 aliphatic carbocycles. The number of nitrogens with zero attached hydrogens (tertiary/aromatic N) is 4. The van der Waals surface area contributed by atoms with Gasteiger partial charge in [0.25, 0.3) is 5.56 Å². The molecule has 0 radical (unpaired) electrons. The third-order valence-corrected chi connectivity index (χ3v) is 8.08. The Bertz CT molecular complexity index is 1170. The molecule has 0 saturated carbocycles. The number of benzene rings is 1. The van der Waals surface area contributed by atoms with E-state index in [1.807, 2.05) is 34.8 Å². The summed E-state index contributed by atoms with van der Waals surface area (Å²) in [6.07, 6.45) is 2.85. The predicted molar refractivity (Wildman–Crippen MR) is 129 cm³/mol. The molecule has 1 aliphatic heterocycles. The molecule has 4 atom stereocenters. The lowest BCUT2D eigenvalue weighted by Gasteiger charge is -2.23. The van der Waals surface area contributed by atoms with Crippen molar-refractivity contribution >= 4 is 23.5 Å². The fourth-order valence-electron chi connectivity index (χ4n) is 3.98. The smallest absolute Gasteiger partial charge is 0.330 e. The number of thioether (sulfide) groups is 2. The van der Waals surface area contributed by atoms with Crippen LogP contribution in [0.4, 0.5) is 0 Å². The lowest BCUT2D eigenvalue weighted by atomic mass is 10.1. The minimum absolute atomic E-state index is 0.0679. The van der Waals surface area contributed by atoms with E-state index in [0.717, 1.165) is 22.8 Å². The van der Waals surface area contributed by atoms with E-state index in [-0.39, 0.29) is 16.6 Å². The monoisotopic (exact) mass is 473 g/mol. The molecule has 1 fully saturated rings. The molecule has 32 heavy (non-hydrogen) atoms. The van der Waals surface area contributed by atoms with Gasteiger partial charge >= 0.3 is 5.69 Å². The summed E-state index contributed by atoms with van der Waals surface area (Å²) in [5, 5.41) is 8.92. The number of nitrogens with one attached hydrogen (secondary N) is 1. The summed E-state index contributed by atoms with van der Waals surface area (Å²) in [6, 6.07) is 9.53. The molecule has 0 unspecified atom stereocenters. The minimum Gasteiger partial charge on any atom is -0.350 e. The number of hydrogen-bond acceptors (Lipinski definition) is 7. The molecule has 0 amide bonds. The Hall–Kier alpha value is -2.30. The van der Waals surface area contributed by atoms with Crippen molar-refractivity contribution < 1.29 is 4.74 Å². The van der Waals surface area contributed by atoms with Crippen molar-refractivity contribution in [3.63, 3.8) is 0 Å². The van der Waals surface area contributed by atoms with Crippen LogP contribution in [0.15, 0.2) is 52.3 Å². The lowest BCUT2D eigenvalue weighted by Crippen LogP contribution is -2.35. The van der Waals surface area contributed by atoms with Gasteiger partial charge in [-0.15, -0.1) is 5.10 Å². The maximum atomic E-state index is 12.5. The zero-order valence-electron chi connectivity index (χ0n) is 18.3. The fraction of sp³-hybridized carbons (Fsp3) is 0.455. The molecule has 170 valence electrons. The van der Waals surface area contributed by atoms with Crippen molar-refractivity contribution in [1.29, 1.82) is 0 Å². The van der Waals surface area contributed by atoms with E-state index in [2.05, 4.69) is 48.2 Å². The highest BCUT2D eigenvalue weighted by atomic mass is 32.2. The van der Waals surface area contributed by atoms with Gasteiger partial charge in [0.05, 0.1) is 24.1 Å². The van der Waals surface area contributed by atoms with Crippen LogP contribution in [0.2, 0.25) is 0 Å². The van der Waals surface area contributed by atoms with Crippen LogP contribution in [-0.2, 0) is 11.3 Å². The van der Waals surface area contributed by atoms with Gasteiger partial charge in [-0.25, -0.2) is 9.48 Å². The third kappa shape index (κ3) is 4.87. The van der Waals surface area contributed by atoms with E-state index >= 15 is 0 Å². The first-order chi connectivity index (χ1) is 15.5. The van der Waals surface area contributed by atoms with Crippen molar-refractivity contribution in [1.82, 2.24) is 24.5 Å². The van der Waals surface area contributed by atoms with Gasteiger partial charge in [-0.1, -0.05) is 42.8 Å². The summed E-state index contributed by atoms with van der Waals surface area (Å²) in [6.45, 7) is 6.81. The fourth-order valence-corrected chi connectivity index (χ4v) is 6.63. The van der Waals surface area contributed by atoms with Crippen LogP contribution in [0.5, 0.6) is 0 Å². The lowest BCUT2D eigenvalue weighted by molar-refractivity contribution is -0.00718. The van der Waals surface area contributed by atoms with Crippen LogP contribution in [0.3, 0.4) is 0 Å². The van der Waals surface area contributed by atoms with Gasteiger partial charge in [-0.05, 0) is 24.5 Å². The number of ether oxygens (including phenoxy) is 1. The Morgan fingerprint density at radius 3 is 2.62 bits per heavy atom. The number of aromatic amines is 1. The Morgan fingerprint density at radius 2 is 1.91 bits per heavy atom. The third-order valence-electron chi connectivity index (χ3n) is 5.35. The highest BCUT2D eigenvalue weighted by Crippen LogP contribution is 2.43. The zero-order chi connectivity index (χ0) is 22.7. The average molecular weight is 474 g/mol. The second-order valence-corrected chi connectivity index (χ2v) is 10.5. The van der Waals surface area contributed by atoms with E-state index < -0.39 is 17.5 Å². The largest absolute Gasteiger partial charge is 0.350 e. The van der Waals surface area contributed by atoms with Crippen LogP contribution < -0.4 is 11.2 Å². The van der Waals surface area contributed by atoms with Crippen LogP contribution in [0, 0.1) is 6.92 Å². The molecule has 1 N–H and O–H groups in total. The Labute approximate surface area is 194 Å². The maximum absolute atomic E-state index is 12.5. The number of aryl methyl sites for hydroxylation is 1. The molecule has 3 aromatic rings. The molecule has 1 saturated heterocycles. The standard InChI is InChI=1S/C22H27N5O3S2/c1-4-31-19-17(13-26-12-16(24-25-26)15-8-6-7-14(3)11-15)30-21(20(19)32-5-2)27-10-9-18(28)23-22(27)29/h6-12,17,19-21H,4-5,13H2,1-3H3,(H,23,28,29)/t17-,19-,20-,21-/m1/s1. The van der Waals surface area contributed by atoms with Gasteiger partial charge in [-0.2, -0.15) is 23.5 Å². The molecule has 4 rings (SSSR count). The summed E-state index contributed by atoms with van der Waals surface area (Å²) in [5.41, 5.74) is 2.16. The van der Waals surface area contributed by atoms with Crippen molar-refractivity contribution in [2.24, 2.45) is 0 Å². The molecular formula is C22H27N5O3S2. The molecule has 8 nitrogen and oxygen atoms in total. The molecule has 10 heteroatoms. The summed E-state index contributed by atoms with van der Waals surface area (Å²) < 4.78 is 9.76. The van der Waals surface area contributed by atoms with E-state index in [1.165, 1.54) is 22.4 Å². The van der Waals surface area contributed by atoms with Crippen molar-refractivity contribution in [2.45, 2.75) is 50.1 Å². The zero-order valence-corrected chi connectivity index (χ0v) is 19.9. The number of aromatic nitrogens is 5. The van der Waals surface area contributed by atoms with E-state index in [9.17, 15) is 9.59 Å². The van der Waals surface area contributed by atoms with Gasteiger partial charge < -0.3 is 4.74 Å². The van der Waals surface area contributed by atoms with E-state index in [4.69, 9.17) is 4.74 Å². The van der Waals surface area contributed by atoms with Crippen molar-refractivity contribution in [3.05, 3.63) is 69.1 Å². The Morgan fingerprint density at radius 1 is 1.12 bits per heavy atom. The van der Waals surface area contributed by atoms with Crippen molar-refractivity contribution in [3.8, 4) is 11.3 Å². The highest BCUT2D eigenvalue weighted by Gasteiger charge is 2.46. The first-order valence-corrected chi connectivity index (χ1v) is 12.8. The highest BCUT2D eigenvalue weighted by molar-refractivity contribution is 8.03. The molecule has 0 bridgehead atoms. The summed E-state index contributed by atoms with van der Waals surface area (Å²) >= 11 is 3.61. The minimum atomic E-state index is -0.460. The predicted octanol–water partition coefficient (Wildman–Crippen LogP) is 2.94. The van der Waals surface area contributed by atoms with E-state index in [0.29, 0.717) is 6.54 Å². The van der Waals surface area contributed by atoms with Gasteiger partial charge in [0.2, 0.25) is 0 Å². The maximum Gasteiger partial charge on any atom is 0.330 e. The quantitative estimate of drug-likeness (QED) is 0.537. The van der Waals surface area contributed by atoms with Crippen LogP contribution in [0.25, 0.3) is 11.3 Å². The first kappa shape index (κ1) is 22.9. The van der Waals surface area contributed by atoms with Crippen LogP contribution in [-0.4, -0.2) is 52.7 Å². The summed E-state index contributed by atoms with van der Waals surface area (Å²) in [7, 11) is 0. The van der Waals surface area contributed by atoms with Gasteiger partial charge in [0.1, 0.15) is 5.69 Å². The van der Waals surface area contributed by atoms with Gasteiger partial charge in [-0.3, -0.25) is 14.3 Å². The van der Waals surface area contributed by atoms with Crippen molar-refractivity contribution in [2.75, 3.05) is 11.5 Å². The average Bonchev–Trinajstić information content (AvgIpc) is 3.35.